The smallest absolute Gasteiger partial charge is 0.300 e. The van der Waals surface area contributed by atoms with Gasteiger partial charge >= 0.3 is 0 Å². The Hall–Kier alpha value is -3.80. The second-order valence-corrected chi connectivity index (χ2v) is 8.68. The molecule has 5 rings (SSSR count). The van der Waals surface area contributed by atoms with Gasteiger partial charge in [0.2, 0.25) is 0 Å². The number of aliphatic hydroxyl groups excluding tert-OH is 1. The van der Waals surface area contributed by atoms with Crippen LogP contribution in [0.15, 0.2) is 58.5 Å². The zero-order valence-corrected chi connectivity index (χ0v) is 18.8. The lowest BCUT2D eigenvalue weighted by molar-refractivity contribution is -0.132. The Morgan fingerprint density at radius 2 is 1.85 bits per heavy atom. The van der Waals surface area contributed by atoms with E-state index in [1.807, 2.05) is 38.1 Å². The standard InChI is InChI=1S/C27H25NO5/c1-15-6-9-20(16(2)13-15)28-24(22-10-7-17(3)33-22)23(26(30)27(28)31)25(29)19-8-11-21-18(14-19)5-4-12-32-21/h6-11,13-14,24,29H,4-5,12H2,1-3H3/b25-23-. The molecule has 1 unspecified atom stereocenters. The van der Waals surface area contributed by atoms with Gasteiger partial charge in [0.25, 0.3) is 11.7 Å². The summed E-state index contributed by atoms with van der Waals surface area (Å²) in [6, 6.07) is 13.7. The third kappa shape index (κ3) is 3.52. The Labute approximate surface area is 192 Å². The third-order valence-electron chi connectivity index (χ3n) is 6.27. The largest absolute Gasteiger partial charge is 0.507 e. The molecular formula is C27H25NO5. The molecule has 0 saturated carbocycles. The number of hydrogen-bond acceptors (Lipinski definition) is 5. The Morgan fingerprint density at radius 1 is 1.03 bits per heavy atom. The summed E-state index contributed by atoms with van der Waals surface area (Å²) in [7, 11) is 0. The van der Waals surface area contributed by atoms with E-state index >= 15 is 0 Å². The molecule has 1 fully saturated rings. The van der Waals surface area contributed by atoms with Crippen LogP contribution in [0.25, 0.3) is 5.76 Å². The molecule has 1 aromatic heterocycles. The first-order valence-electron chi connectivity index (χ1n) is 11.1. The minimum atomic E-state index is -0.868. The highest BCUT2D eigenvalue weighted by atomic mass is 16.5. The molecule has 6 heteroatoms. The maximum absolute atomic E-state index is 13.3. The summed E-state index contributed by atoms with van der Waals surface area (Å²) in [4.78, 5) is 28.0. The minimum Gasteiger partial charge on any atom is -0.507 e. The number of aryl methyl sites for hydroxylation is 4. The van der Waals surface area contributed by atoms with Crippen molar-refractivity contribution in [2.75, 3.05) is 11.5 Å². The minimum absolute atomic E-state index is 0.0194. The van der Waals surface area contributed by atoms with E-state index in [2.05, 4.69) is 0 Å². The molecule has 3 heterocycles. The third-order valence-corrected chi connectivity index (χ3v) is 6.27. The summed E-state index contributed by atoms with van der Waals surface area (Å²) in [6.45, 7) is 6.33. The molecule has 1 N–H and O–H groups in total. The van der Waals surface area contributed by atoms with E-state index in [1.54, 1.807) is 31.2 Å². The van der Waals surface area contributed by atoms with Gasteiger partial charge in [-0.05, 0) is 81.1 Å². The summed E-state index contributed by atoms with van der Waals surface area (Å²) >= 11 is 0. The van der Waals surface area contributed by atoms with Gasteiger partial charge in [0.05, 0.1) is 12.2 Å². The molecular weight excluding hydrogens is 418 g/mol. The van der Waals surface area contributed by atoms with Crippen LogP contribution in [0.5, 0.6) is 5.75 Å². The van der Waals surface area contributed by atoms with Crippen LogP contribution in [0.2, 0.25) is 0 Å². The van der Waals surface area contributed by atoms with Gasteiger partial charge in [-0.25, -0.2) is 0 Å². The van der Waals surface area contributed by atoms with Crippen LogP contribution in [0.4, 0.5) is 5.69 Å². The van der Waals surface area contributed by atoms with E-state index in [1.165, 1.54) is 4.90 Å². The monoisotopic (exact) mass is 443 g/mol. The predicted octanol–water partition coefficient (Wildman–Crippen LogP) is 5.16. The number of rotatable bonds is 3. The zero-order valence-electron chi connectivity index (χ0n) is 18.8. The molecule has 1 atom stereocenters. The van der Waals surface area contributed by atoms with Crippen molar-refractivity contribution in [2.45, 2.75) is 39.7 Å². The molecule has 168 valence electrons. The summed E-state index contributed by atoms with van der Waals surface area (Å²) < 4.78 is 11.5. The normalized spacial score (nSPS) is 19.5. The van der Waals surface area contributed by atoms with Gasteiger partial charge in [-0.15, -0.1) is 0 Å². The lowest BCUT2D eigenvalue weighted by Gasteiger charge is -2.25. The molecule has 2 aliphatic rings. The number of carbonyl (C=O) groups is 2. The number of furan rings is 1. The number of fused-ring (bicyclic) bond motifs is 1. The quantitative estimate of drug-likeness (QED) is 0.344. The van der Waals surface area contributed by atoms with Gasteiger partial charge in [-0.1, -0.05) is 17.7 Å². The number of ketones is 1. The average Bonchev–Trinajstić information content (AvgIpc) is 3.34. The molecule has 0 aliphatic carbocycles. The molecule has 6 nitrogen and oxygen atoms in total. The van der Waals surface area contributed by atoms with Crippen molar-refractivity contribution in [3.05, 3.63) is 87.9 Å². The molecule has 1 saturated heterocycles. The summed E-state index contributed by atoms with van der Waals surface area (Å²) in [5.41, 5.74) is 3.99. The fourth-order valence-electron chi connectivity index (χ4n) is 4.69. The number of Topliss-reactive ketones (excluding diaryl/α,β-unsaturated/α-hetero) is 1. The van der Waals surface area contributed by atoms with E-state index in [0.29, 0.717) is 29.4 Å². The first-order chi connectivity index (χ1) is 15.8. The number of ether oxygens (including phenoxy) is 1. The second-order valence-electron chi connectivity index (χ2n) is 8.68. The van der Waals surface area contributed by atoms with Gasteiger partial charge in [0.15, 0.2) is 0 Å². The van der Waals surface area contributed by atoms with Crippen LogP contribution in [0, 0.1) is 20.8 Å². The van der Waals surface area contributed by atoms with E-state index in [9.17, 15) is 14.7 Å². The van der Waals surface area contributed by atoms with E-state index < -0.39 is 17.7 Å². The molecule has 33 heavy (non-hydrogen) atoms. The summed E-state index contributed by atoms with van der Waals surface area (Å²) in [6.07, 6.45) is 1.72. The maximum atomic E-state index is 13.3. The van der Waals surface area contributed by atoms with Crippen molar-refractivity contribution < 1.29 is 23.8 Å². The Morgan fingerprint density at radius 3 is 2.58 bits per heavy atom. The molecule has 0 spiro atoms. The highest BCUT2D eigenvalue weighted by Crippen LogP contribution is 2.44. The van der Waals surface area contributed by atoms with Crippen molar-refractivity contribution in [1.82, 2.24) is 0 Å². The number of amides is 1. The molecule has 3 aromatic rings. The van der Waals surface area contributed by atoms with Gasteiger partial charge in [0.1, 0.15) is 29.1 Å². The highest BCUT2D eigenvalue weighted by molar-refractivity contribution is 6.51. The van der Waals surface area contributed by atoms with E-state index in [4.69, 9.17) is 9.15 Å². The lowest BCUT2D eigenvalue weighted by Crippen LogP contribution is -2.30. The fraction of sp³-hybridized carbons (Fsp3) is 0.259. The number of anilines is 1. The highest BCUT2D eigenvalue weighted by Gasteiger charge is 2.48. The zero-order chi connectivity index (χ0) is 23.3. The molecule has 2 aliphatic heterocycles. The fourth-order valence-corrected chi connectivity index (χ4v) is 4.69. The van der Waals surface area contributed by atoms with Crippen molar-refractivity contribution in [3.63, 3.8) is 0 Å². The number of aliphatic hydroxyl groups is 1. The van der Waals surface area contributed by atoms with Gasteiger partial charge in [0, 0.05) is 11.3 Å². The van der Waals surface area contributed by atoms with Crippen molar-refractivity contribution >= 4 is 23.1 Å². The topological polar surface area (TPSA) is 80.0 Å². The number of benzene rings is 2. The molecule has 2 aromatic carbocycles. The van der Waals surface area contributed by atoms with Crippen molar-refractivity contribution in [2.24, 2.45) is 0 Å². The number of hydrogen-bond donors (Lipinski definition) is 1. The van der Waals surface area contributed by atoms with Crippen LogP contribution in [0.1, 0.15) is 46.2 Å². The Kier molecular flexibility index (Phi) is 5.08. The maximum Gasteiger partial charge on any atom is 0.300 e. The van der Waals surface area contributed by atoms with Crippen LogP contribution in [0.3, 0.4) is 0 Å². The van der Waals surface area contributed by atoms with E-state index in [-0.39, 0.29) is 11.3 Å². The van der Waals surface area contributed by atoms with Crippen LogP contribution < -0.4 is 9.64 Å². The van der Waals surface area contributed by atoms with Gasteiger partial charge < -0.3 is 14.3 Å². The SMILES string of the molecule is Cc1ccc(N2C(=O)C(=O)/C(=C(\O)c3ccc4c(c3)CCCO4)C2c2ccc(C)o2)c(C)c1. The summed E-state index contributed by atoms with van der Waals surface area (Å²) in [5.74, 6) is 0.223. The second kappa shape index (κ2) is 7.96. The molecule has 1 amide bonds. The van der Waals surface area contributed by atoms with Gasteiger partial charge in [-0.3, -0.25) is 14.5 Å². The van der Waals surface area contributed by atoms with Crippen LogP contribution in [-0.2, 0) is 16.0 Å². The van der Waals surface area contributed by atoms with Crippen LogP contribution >= 0.6 is 0 Å². The van der Waals surface area contributed by atoms with Crippen molar-refractivity contribution in [1.29, 1.82) is 0 Å². The first-order valence-corrected chi connectivity index (χ1v) is 11.1. The Bertz CT molecular complexity index is 1320. The van der Waals surface area contributed by atoms with Gasteiger partial charge in [-0.2, -0.15) is 0 Å². The number of nitrogens with zero attached hydrogens (tertiary/aromatic N) is 1. The Balaban J connectivity index is 1.70. The average molecular weight is 443 g/mol. The summed E-state index contributed by atoms with van der Waals surface area (Å²) in [5, 5.41) is 11.3. The number of carbonyl (C=O) groups excluding carboxylic acids is 2. The molecule has 0 radical (unpaired) electrons. The first kappa shape index (κ1) is 21.1. The van der Waals surface area contributed by atoms with Crippen molar-refractivity contribution in [3.8, 4) is 5.75 Å². The predicted molar refractivity (Wildman–Crippen MR) is 124 cm³/mol. The lowest BCUT2D eigenvalue weighted by atomic mass is 9.96. The van der Waals surface area contributed by atoms with Crippen LogP contribution in [-0.4, -0.2) is 23.4 Å². The molecule has 0 bridgehead atoms. The van der Waals surface area contributed by atoms with E-state index in [0.717, 1.165) is 35.3 Å².